The Labute approximate surface area is 167 Å². The van der Waals surface area contributed by atoms with Crippen molar-refractivity contribution in [2.45, 2.75) is 44.6 Å². The minimum atomic E-state index is -0.585. The molecule has 0 heterocycles. The van der Waals surface area contributed by atoms with Crippen LogP contribution in [0.4, 0.5) is 0 Å². The van der Waals surface area contributed by atoms with Crippen LogP contribution in [-0.2, 0) is 11.3 Å². The van der Waals surface area contributed by atoms with Crippen LogP contribution in [-0.4, -0.2) is 45.1 Å². The average Bonchev–Trinajstić information content (AvgIpc) is 2.68. The molecule has 2 aliphatic rings. The van der Waals surface area contributed by atoms with Crippen LogP contribution >= 0.6 is 0 Å². The van der Waals surface area contributed by atoms with E-state index in [1.54, 1.807) is 6.07 Å². The highest BCUT2D eigenvalue weighted by Gasteiger charge is 2.35. The van der Waals surface area contributed by atoms with E-state index in [4.69, 9.17) is 10.5 Å². The molecule has 4 atom stereocenters. The molecule has 0 aliphatic heterocycles. The van der Waals surface area contributed by atoms with Crippen molar-refractivity contribution in [1.82, 2.24) is 0 Å². The highest BCUT2D eigenvalue weighted by atomic mass is 16.5. The zero-order valence-corrected chi connectivity index (χ0v) is 16.0. The number of carbonyl (C=O) groups is 2. The minimum absolute atomic E-state index is 0.0177. The molecule has 2 aromatic carbocycles. The van der Waals surface area contributed by atoms with Crippen LogP contribution < -0.4 is 5.73 Å². The van der Waals surface area contributed by atoms with Gasteiger partial charge < -0.3 is 25.8 Å². The molecule has 29 heavy (non-hydrogen) atoms. The van der Waals surface area contributed by atoms with Gasteiger partial charge in [0.2, 0.25) is 5.78 Å². The number of aliphatic hydroxyl groups excluding tert-OH is 1. The first-order valence-electron chi connectivity index (χ1n) is 9.60. The molecule has 0 amide bonds. The molecule has 2 aromatic rings. The maximum absolute atomic E-state index is 12.9. The molecule has 4 rings (SSSR count). The number of carbonyl (C=O) groups excluding carboxylic acids is 2. The number of hydrogen-bond acceptors (Lipinski definition) is 7. The lowest BCUT2D eigenvalue weighted by molar-refractivity contribution is -0.0458. The summed E-state index contributed by atoms with van der Waals surface area (Å²) < 4.78 is 5.92. The summed E-state index contributed by atoms with van der Waals surface area (Å²) >= 11 is 0. The summed E-state index contributed by atoms with van der Waals surface area (Å²) in [5.41, 5.74) is 6.52. The smallest absolute Gasteiger partial charge is 0.201 e. The van der Waals surface area contributed by atoms with Crippen LogP contribution in [0.3, 0.4) is 0 Å². The highest BCUT2D eigenvalue weighted by molar-refractivity contribution is 6.30. The van der Waals surface area contributed by atoms with Crippen LogP contribution in [0.2, 0.25) is 0 Å². The minimum Gasteiger partial charge on any atom is -0.507 e. The summed E-state index contributed by atoms with van der Waals surface area (Å²) in [6.07, 6.45) is 0.488. The fourth-order valence-corrected chi connectivity index (χ4v) is 4.29. The first-order valence-corrected chi connectivity index (χ1v) is 9.60. The SMILES string of the molecule is CC1C[C@H](OCc2cc(O)c3c(c2)C(=O)c2cccc(O)c2C3=O)C[C@@H](N)[C@H]1O. The van der Waals surface area contributed by atoms with Crippen LogP contribution in [0.5, 0.6) is 11.5 Å². The maximum atomic E-state index is 12.9. The summed E-state index contributed by atoms with van der Waals surface area (Å²) in [6.45, 7) is 2.05. The number of nitrogens with two attached hydrogens (primary N) is 1. The molecule has 0 saturated heterocycles. The molecule has 0 aromatic heterocycles. The van der Waals surface area contributed by atoms with E-state index < -0.39 is 17.7 Å². The van der Waals surface area contributed by atoms with E-state index in [9.17, 15) is 24.9 Å². The molecule has 1 unspecified atom stereocenters. The van der Waals surface area contributed by atoms with Gasteiger partial charge in [-0.05, 0) is 42.5 Å². The second kappa shape index (κ2) is 7.26. The quantitative estimate of drug-likeness (QED) is 0.531. The van der Waals surface area contributed by atoms with Crippen LogP contribution in [0.25, 0.3) is 0 Å². The lowest BCUT2D eigenvalue weighted by Gasteiger charge is -2.35. The van der Waals surface area contributed by atoms with Crippen LogP contribution in [0.15, 0.2) is 30.3 Å². The van der Waals surface area contributed by atoms with E-state index in [-0.39, 0.29) is 58.4 Å². The van der Waals surface area contributed by atoms with E-state index >= 15 is 0 Å². The largest absolute Gasteiger partial charge is 0.507 e. The topological polar surface area (TPSA) is 130 Å². The Morgan fingerprint density at radius 2 is 1.76 bits per heavy atom. The van der Waals surface area contributed by atoms with Gasteiger partial charge in [0.05, 0.1) is 29.9 Å². The van der Waals surface area contributed by atoms with Gasteiger partial charge in [0.25, 0.3) is 0 Å². The van der Waals surface area contributed by atoms with Crippen molar-refractivity contribution >= 4 is 11.6 Å². The van der Waals surface area contributed by atoms with Crippen molar-refractivity contribution < 1.29 is 29.6 Å². The van der Waals surface area contributed by atoms with Crippen molar-refractivity contribution in [3.63, 3.8) is 0 Å². The van der Waals surface area contributed by atoms with E-state index in [1.807, 2.05) is 6.92 Å². The summed E-state index contributed by atoms with van der Waals surface area (Å²) in [4.78, 5) is 25.7. The fourth-order valence-electron chi connectivity index (χ4n) is 4.29. The van der Waals surface area contributed by atoms with Crippen LogP contribution in [0.1, 0.15) is 57.2 Å². The van der Waals surface area contributed by atoms with Crippen molar-refractivity contribution in [2.75, 3.05) is 0 Å². The van der Waals surface area contributed by atoms with Gasteiger partial charge in [-0.25, -0.2) is 0 Å². The Morgan fingerprint density at radius 3 is 2.48 bits per heavy atom. The Hall–Kier alpha value is -2.74. The molecule has 152 valence electrons. The number of aromatic hydroxyl groups is 2. The monoisotopic (exact) mass is 397 g/mol. The van der Waals surface area contributed by atoms with Crippen molar-refractivity contribution in [3.05, 3.63) is 58.1 Å². The third kappa shape index (κ3) is 3.31. The molecule has 0 spiro atoms. The van der Waals surface area contributed by atoms with E-state index in [2.05, 4.69) is 0 Å². The van der Waals surface area contributed by atoms with Crippen LogP contribution in [0, 0.1) is 5.92 Å². The van der Waals surface area contributed by atoms with E-state index in [1.165, 1.54) is 24.3 Å². The fraction of sp³-hybridized carbons (Fsp3) is 0.364. The average molecular weight is 397 g/mol. The molecule has 7 nitrogen and oxygen atoms in total. The Bertz CT molecular complexity index is 989. The predicted octanol–water partition coefficient (Wildman–Crippen LogP) is 1.88. The number of rotatable bonds is 3. The van der Waals surface area contributed by atoms with Gasteiger partial charge in [-0.3, -0.25) is 9.59 Å². The zero-order valence-electron chi connectivity index (χ0n) is 16.0. The number of ether oxygens (including phenoxy) is 1. The summed E-state index contributed by atoms with van der Waals surface area (Å²) in [5, 5.41) is 30.4. The van der Waals surface area contributed by atoms with Crippen molar-refractivity contribution in [2.24, 2.45) is 11.7 Å². The molecule has 5 N–H and O–H groups in total. The molecule has 1 saturated carbocycles. The summed E-state index contributed by atoms with van der Waals surface area (Å²) in [5.74, 6) is -1.61. The summed E-state index contributed by atoms with van der Waals surface area (Å²) in [6, 6.07) is 6.90. The number of phenols is 2. The van der Waals surface area contributed by atoms with Gasteiger partial charge in [-0.15, -0.1) is 0 Å². The zero-order chi connectivity index (χ0) is 20.9. The molecule has 0 bridgehead atoms. The first kappa shape index (κ1) is 19.6. The van der Waals surface area contributed by atoms with Gasteiger partial charge in [0.1, 0.15) is 11.5 Å². The normalized spacial score (nSPS) is 26.2. The Balaban J connectivity index is 1.60. The molecule has 1 fully saturated rings. The molecular weight excluding hydrogens is 374 g/mol. The number of fused-ring (bicyclic) bond motifs is 2. The Morgan fingerprint density at radius 1 is 1.03 bits per heavy atom. The van der Waals surface area contributed by atoms with Gasteiger partial charge >= 0.3 is 0 Å². The van der Waals surface area contributed by atoms with E-state index in [0.717, 1.165) is 0 Å². The summed E-state index contributed by atoms with van der Waals surface area (Å²) in [7, 11) is 0. The molecule has 7 heteroatoms. The third-order valence-electron chi connectivity index (χ3n) is 5.84. The third-order valence-corrected chi connectivity index (χ3v) is 5.84. The lowest BCUT2D eigenvalue weighted by atomic mass is 9.82. The molecular formula is C22H23NO6. The second-order valence-electron chi connectivity index (χ2n) is 7.93. The number of hydrogen-bond donors (Lipinski definition) is 4. The van der Waals surface area contributed by atoms with Crippen molar-refractivity contribution in [1.29, 1.82) is 0 Å². The van der Waals surface area contributed by atoms with Gasteiger partial charge in [0.15, 0.2) is 5.78 Å². The predicted molar refractivity (Wildman–Crippen MR) is 104 cm³/mol. The maximum Gasteiger partial charge on any atom is 0.201 e. The van der Waals surface area contributed by atoms with Gasteiger partial charge in [0, 0.05) is 17.2 Å². The van der Waals surface area contributed by atoms with E-state index in [0.29, 0.717) is 18.4 Å². The number of aliphatic hydroxyl groups is 1. The molecule has 2 aliphatic carbocycles. The number of ketones is 2. The molecule has 0 radical (unpaired) electrons. The second-order valence-corrected chi connectivity index (χ2v) is 7.93. The Kier molecular flexibility index (Phi) is 4.90. The van der Waals surface area contributed by atoms with Gasteiger partial charge in [-0.2, -0.15) is 0 Å². The van der Waals surface area contributed by atoms with Gasteiger partial charge in [-0.1, -0.05) is 19.1 Å². The van der Waals surface area contributed by atoms with Crippen molar-refractivity contribution in [3.8, 4) is 11.5 Å². The highest BCUT2D eigenvalue weighted by Crippen LogP contribution is 2.37. The lowest BCUT2D eigenvalue weighted by Crippen LogP contribution is -2.47. The standard InChI is InChI=1S/C22H23NO6/c1-10-5-12(8-15(23)20(10)26)29-9-11-6-14-19(17(25)7-11)22(28)18-13(21(14)27)3-2-4-16(18)24/h2-4,6-7,10,12,15,20,24-26H,5,8-9,23H2,1H3/t10?,12-,15+,20-/m0/s1. The number of benzene rings is 2. The number of phenolic OH excluding ortho intramolecular Hbond substituents is 2. The first-order chi connectivity index (χ1) is 13.8.